The van der Waals surface area contributed by atoms with Gasteiger partial charge in [-0.05, 0) is 42.7 Å². The van der Waals surface area contributed by atoms with Crippen molar-refractivity contribution in [2.75, 3.05) is 13.7 Å². The molecule has 5 heteroatoms. The Morgan fingerprint density at radius 1 is 1.21 bits per heavy atom. The van der Waals surface area contributed by atoms with Gasteiger partial charge < -0.3 is 14.8 Å². The van der Waals surface area contributed by atoms with Crippen molar-refractivity contribution < 1.29 is 18.7 Å². The fraction of sp³-hybridized carbons (Fsp3) is 0.316. The summed E-state index contributed by atoms with van der Waals surface area (Å²) in [6, 6.07) is 11.7. The summed E-state index contributed by atoms with van der Waals surface area (Å²) in [5, 5.41) is 2.91. The molecule has 0 fully saturated rings. The van der Waals surface area contributed by atoms with Crippen LogP contribution in [0.15, 0.2) is 42.5 Å². The number of methoxy groups -OCH3 is 1. The lowest BCUT2D eigenvalue weighted by molar-refractivity contribution is -0.123. The first-order valence-electron chi connectivity index (χ1n) is 7.86. The molecule has 0 saturated carbocycles. The number of benzene rings is 2. The monoisotopic (exact) mass is 331 g/mol. The van der Waals surface area contributed by atoms with E-state index >= 15 is 0 Å². The Hall–Kier alpha value is -2.56. The van der Waals surface area contributed by atoms with E-state index in [1.807, 2.05) is 32.0 Å². The molecule has 2 rings (SSSR count). The van der Waals surface area contributed by atoms with Crippen LogP contribution in [0.4, 0.5) is 4.39 Å². The van der Waals surface area contributed by atoms with Gasteiger partial charge >= 0.3 is 0 Å². The highest BCUT2D eigenvalue weighted by molar-refractivity contribution is 5.78. The first-order valence-corrected chi connectivity index (χ1v) is 7.86. The molecule has 0 radical (unpaired) electrons. The van der Waals surface area contributed by atoms with Crippen molar-refractivity contribution >= 4 is 5.91 Å². The molecule has 0 heterocycles. The molecule has 1 amide bonds. The van der Waals surface area contributed by atoms with Crippen LogP contribution in [0.2, 0.25) is 0 Å². The molecule has 1 atom stereocenters. The van der Waals surface area contributed by atoms with Crippen LogP contribution in [-0.4, -0.2) is 19.6 Å². The van der Waals surface area contributed by atoms with Crippen molar-refractivity contribution in [3.8, 4) is 11.5 Å². The van der Waals surface area contributed by atoms with E-state index in [0.29, 0.717) is 0 Å². The number of para-hydroxylation sites is 1. The summed E-state index contributed by atoms with van der Waals surface area (Å²) >= 11 is 0. The van der Waals surface area contributed by atoms with Crippen LogP contribution in [0.5, 0.6) is 11.5 Å². The standard InChI is InChI=1S/C19H22FNO3/c1-4-16(14-9-10-17(23-3)13(2)11-14)21-19(22)12-24-18-8-6-5-7-15(18)20/h5-11,16H,4,12H2,1-3H3,(H,21,22)/t16-/m1/s1. The zero-order valence-electron chi connectivity index (χ0n) is 14.1. The Labute approximate surface area is 141 Å². The van der Waals surface area contributed by atoms with Crippen molar-refractivity contribution in [1.82, 2.24) is 5.32 Å². The predicted octanol–water partition coefficient (Wildman–Crippen LogP) is 3.79. The quantitative estimate of drug-likeness (QED) is 0.840. The second-order valence-electron chi connectivity index (χ2n) is 5.48. The number of rotatable bonds is 7. The van der Waals surface area contributed by atoms with E-state index in [1.54, 1.807) is 19.2 Å². The summed E-state index contributed by atoms with van der Waals surface area (Å²) < 4.78 is 24.0. The van der Waals surface area contributed by atoms with E-state index < -0.39 is 5.82 Å². The third kappa shape index (κ3) is 4.47. The zero-order chi connectivity index (χ0) is 17.5. The molecule has 0 bridgehead atoms. The van der Waals surface area contributed by atoms with Gasteiger partial charge in [0.05, 0.1) is 13.2 Å². The molecule has 1 N–H and O–H groups in total. The van der Waals surface area contributed by atoms with E-state index in [-0.39, 0.29) is 24.3 Å². The molecule has 24 heavy (non-hydrogen) atoms. The Bertz CT molecular complexity index is 703. The van der Waals surface area contributed by atoms with Gasteiger partial charge in [0.2, 0.25) is 0 Å². The molecular weight excluding hydrogens is 309 g/mol. The first-order chi connectivity index (χ1) is 11.5. The molecule has 0 aliphatic rings. The Kier molecular flexibility index (Phi) is 6.18. The summed E-state index contributed by atoms with van der Waals surface area (Å²) in [6.07, 6.45) is 0.733. The molecule has 128 valence electrons. The maximum atomic E-state index is 13.5. The average molecular weight is 331 g/mol. The van der Waals surface area contributed by atoms with Gasteiger partial charge in [-0.1, -0.05) is 31.2 Å². The van der Waals surface area contributed by atoms with Gasteiger partial charge in [-0.3, -0.25) is 4.79 Å². The van der Waals surface area contributed by atoms with E-state index in [1.165, 1.54) is 12.1 Å². The maximum absolute atomic E-state index is 13.5. The second kappa shape index (κ2) is 8.34. The molecule has 0 unspecified atom stereocenters. The molecule has 0 aliphatic carbocycles. The smallest absolute Gasteiger partial charge is 0.258 e. The molecule has 0 saturated heterocycles. The minimum atomic E-state index is -0.483. The van der Waals surface area contributed by atoms with Crippen molar-refractivity contribution in [2.45, 2.75) is 26.3 Å². The molecule has 0 aromatic heterocycles. The first kappa shape index (κ1) is 17.8. The van der Waals surface area contributed by atoms with Gasteiger partial charge in [0.25, 0.3) is 5.91 Å². The normalized spacial score (nSPS) is 11.7. The molecule has 0 spiro atoms. The van der Waals surface area contributed by atoms with Crippen molar-refractivity contribution in [3.63, 3.8) is 0 Å². The molecule has 4 nitrogen and oxygen atoms in total. The molecule has 2 aromatic rings. The third-order valence-electron chi connectivity index (χ3n) is 3.76. The minimum Gasteiger partial charge on any atom is -0.496 e. The van der Waals surface area contributed by atoms with Gasteiger partial charge in [-0.2, -0.15) is 0 Å². The number of nitrogens with one attached hydrogen (secondary N) is 1. The molecule has 0 aliphatic heterocycles. The molecular formula is C19H22FNO3. The van der Waals surface area contributed by atoms with Gasteiger partial charge in [0.15, 0.2) is 18.2 Å². The summed E-state index contributed by atoms with van der Waals surface area (Å²) in [4.78, 5) is 12.1. The summed E-state index contributed by atoms with van der Waals surface area (Å²) in [6.45, 7) is 3.72. The summed E-state index contributed by atoms with van der Waals surface area (Å²) in [7, 11) is 1.63. The number of carbonyl (C=O) groups is 1. The highest BCUT2D eigenvalue weighted by atomic mass is 19.1. The molecule has 2 aromatic carbocycles. The Balaban J connectivity index is 1.98. The summed E-state index contributed by atoms with van der Waals surface area (Å²) in [5.41, 5.74) is 2.00. The van der Waals surface area contributed by atoms with Crippen molar-refractivity contribution in [1.29, 1.82) is 0 Å². The maximum Gasteiger partial charge on any atom is 0.258 e. The van der Waals surface area contributed by atoms with Crippen LogP contribution in [0.1, 0.15) is 30.5 Å². The Morgan fingerprint density at radius 3 is 2.58 bits per heavy atom. The third-order valence-corrected chi connectivity index (χ3v) is 3.76. The SMILES string of the molecule is CC[C@@H](NC(=O)COc1ccccc1F)c1ccc(OC)c(C)c1. The number of amides is 1. The number of ether oxygens (including phenoxy) is 2. The topological polar surface area (TPSA) is 47.6 Å². The van der Waals surface area contributed by atoms with Crippen LogP contribution < -0.4 is 14.8 Å². The number of carbonyl (C=O) groups excluding carboxylic acids is 1. The average Bonchev–Trinajstić information content (AvgIpc) is 2.59. The predicted molar refractivity (Wildman–Crippen MR) is 90.8 cm³/mol. The summed E-state index contributed by atoms with van der Waals surface area (Å²) in [5.74, 6) is 0.102. The van der Waals surface area contributed by atoms with Crippen LogP contribution in [0.3, 0.4) is 0 Å². The van der Waals surface area contributed by atoms with Gasteiger partial charge in [-0.15, -0.1) is 0 Å². The van der Waals surface area contributed by atoms with E-state index in [4.69, 9.17) is 9.47 Å². The van der Waals surface area contributed by atoms with Crippen molar-refractivity contribution in [3.05, 3.63) is 59.4 Å². The lowest BCUT2D eigenvalue weighted by Gasteiger charge is -2.19. The van der Waals surface area contributed by atoms with E-state index in [2.05, 4.69) is 5.32 Å². The van der Waals surface area contributed by atoms with Gasteiger partial charge in [0.1, 0.15) is 5.75 Å². The number of halogens is 1. The highest BCUT2D eigenvalue weighted by Crippen LogP contribution is 2.24. The van der Waals surface area contributed by atoms with Crippen molar-refractivity contribution in [2.24, 2.45) is 0 Å². The lowest BCUT2D eigenvalue weighted by Crippen LogP contribution is -2.32. The second-order valence-corrected chi connectivity index (χ2v) is 5.48. The van der Waals surface area contributed by atoms with Crippen LogP contribution in [0.25, 0.3) is 0 Å². The van der Waals surface area contributed by atoms with Crippen LogP contribution in [0, 0.1) is 12.7 Å². The van der Waals surface area contributed by atoms with E-state index in [9.17, 15) is 9.18 Å². The number of aryl methyl sites for hydroxylation is 1. The van der Waals surface area contributed by atoms with Gasteiger partial charge in [0, 0.05) is 0 Å². The highest BCUT2D eigenvalue weighted by Gasteiger charge is 2.15. The fourth-order valence-corrected chi connectivity index (χ4v) is 2.48. The lowest BCUT2D eigenvalue weighted by atomic mass is 10.0. The number of hydrogen-bond acceptors (Lipinski definition) is 3. The van der Waals surface area contributed by atoms with Crippen LogP contribution in [-0.2, 0) is 4.79 Å². The minimum absolute atomic E-state index is 0.0704. The van der Waals surface area contributed by atoms with Gasteiger partial charge in [-0.25, -0.2) is 4.39 Å². The zero-order valence-corrected chi connectivity index (χ0v) is 14.1. The fourth-order valence-electron chi connectivity index (χ4n) is 2.48. The number of hydrogen-bond donors (Lipinski definition) is 1. The van der Waals surface area contributed by atoms with Crippen LogP contribution >= 0.6 is 0 Å². The Morgan fingerprint density at radius 2 is 1.96 bits per heavy atom. The van der Waals surface area contributed by atoms with E-state index in [0.717, 1.165) is 23.3 Å². The largest absolute Gasteiger partial charge is 0.496 e.